The first-order valence-electron chi connectivity index (χ1n) is 9.84. The number of halogens is 1. The summed E-state index contributed by atoms with van der Waals surface area (Å²) in [5, 5.41) is 13.2. The molecule has 162 valence electrons. The molecule has 0 bridgehead atoms. The number of rotatable bonds is 7. The average molecular weight is 499 g/mol. The minimum atomic E-state index is -3.82. The van der Waals surface area contributed by atoms with Crippen molar-refractivity contribution < 1.29 is 23.1 Å². The van der Waals surface area contributed by atoms with Gasteiger partial charge in [0.05, 0.1) is 22.9 Å². The molecule has 1 atom stereocenters. The largest absolute Gasteiger partial charge is 0.480 e. The van der Waals surface area contributed by atoms with Crippen molar-refractivity contribution in [3.8, 4) is 5.88 Å². The first kappa shape index (κ1) is 21.3. The number of nitrogens with zero attached hydrogens (tertiary/aromatic N) is 4. The van der Waals surface area contributed by atoms with Crippen molar-refractivity contribution >= 4 is 31.9 Å². The van der Waals surface area contributed by atoms with Crippen LogP contribution in [0.3, 0.4) is 0 Å². The number of ether oxygens (including phenoxy) is 1. The SMILES string of the molecule is CN([C@@H]1CCCc2c1cnn2CC(=O)O)S(=O)(=O)c1cnc(OC2CCC2)c(Br)c1. The molecule has 2 aromatic heterocycles. The van der Waals surface area contributed by atoms with Crippen molar-refractivity contribution in [2.75, 3.05) is 7.05 Å². The average Bonchev–Trinajstić information content (AvgIpc) is 3.07. The molecule has 1 fully saturated rings. The highest BCUT2D eigenvalue weighted by atomic mass is 79.9. The third kappa shape index (κ3) is 3.97. The lowest BCUT2D eigenvalue weighted by molar-refractivity contribution is -0.137. The quantitative estimate of drug-likeness (QED) is 0.623. The van der Waals surface area contributed by atoms with E-state index >= 15 is 0 Å². The minimum absolute atomic E-state index is 0.0721. The normalized spacial score (nSPS) is 19.4. The lowest BCUT2D eigenvalue weighted by Crippen LogP contribution is -2.33. The Bertz CT molecular complexity index is 1070. The van der Waals surface area contributed by atoms with Gasteiger partial charge >= 0.3 is 5.97 Å². The van der Waals surface area contributed by atoms with Crippen molar-refractivity contribution in [2.45, 2.75) is 62.1 Å². The van der Waals surface area contributed by atoms with Crippen LogP contribution in [0.1, 0.15) is 49.4 Å². The van der Waals surface area contributed by atoms with Crippen LogP contribution in [0.25, 0.3) is 0 Å². The van der Waals surface area contributed by atoms with E-state index in [9.17, 15) is 13.2 Å². The number of aliphatic carboxylic acids is 1. The second-order valence-electron chi connectivity index (χ2n) is 7.66. The molecule has 0 unspecified atom stereocenters. The summed E-state index contributed by atoms with van der Waals surface area (Å²) in [6.07, 6.45) is 8.20. The number of pyridine rings is 1. The van der Waals surface area contributed by atoms with Gasteiger partial charge in [0.2, 0.25) is 15.9 Å². The maximum absolute atomic E-state index is 13.3. The van der Waals surface area contributed by atoms with E-state index in [1.807, 2.05) is 0 Å². The molecule has 1 N–H and O–H groups in total. The van der Waals surface area contributed by atoms with Gasteiger partial charge in [0.25, 0.3) is 0 Å². The number of carboxylic acid groups (broad SMARTS) is 1. The highest BCUT2D eigenvalue weighted by Crippen LogP contribution is 2.37. The summed E-state index contributed by atoms with van der Waals surface area (Å²) in [6.45, 7) is -0.238. The number of carboxylic acids is 1. The summed E-state index contributed by atoms with van der Waals surface area (Å²) in [7, 11) is -2.28. The molecule has 9 nitrogen and oxygen atoms in total. The number of aromatic nitrogens is 3. The number of fused-ring (bicyclic) bond motifs is 1. The van der Waals surface area contributed by atoms with Gasteiger partial charge in [0.1, 0.15) is 17.5 Å². The fourth-order valence-electron chi connectivity index (χ4n) is 3.85. The van der Waals surface area contributed by atoms with Crippen LogP contribution in [0.2, 0.25) is 0 Å². The van der Waals surface area contributed by atoms with E-state index in [-0.39, 0.29) is 17.5 Å². The van der Waals surface area contributed by atoms with Gasteiger partial charge in [0.15, 0.2) is 0 Å². The van der Waals surface area contributed by atoms with E-state index in [0.717, 1.165) is 36.9 Å². The Morgan fingerprint density at radius 2 is 2.10 bits per heavy atom. The van der Waals surface area contributed by atoms with E-state index in [4.69, 9.17) is 9.84 Å². The predicted octanol–water partition coefficient (Wildman–Crippen LogP) is 2.75. The Labute approximate surface area is 183 Å². The molecule has 0 radical (unpaired) electrons. The highest BCUT2D eigenvalue weighted by molar-refractivity contribution is 9.10. The molecule has 0 aromatic carbocycles. The molecule has 0 aliphatic heterocycles. The van der Waals surface area contributed by atoms with E-state index in [2.05, 4.69) is 26.0 Å². The maximum atomic E-state index is 13.3. The molecule has 2 aliphatic rings. The van der Waals surface area contributed by atoms with Gasteiger partial charge in [-0.1, -0.05) is 0 Å². The van der Waals surface area contributed by atoms with E-state index in [1.165, 1.54) is 28.3 Å². The molecule has 2 heterocycles. The van der Waals surface area contributed by atoms with Crippen molar-refractivity contribution in [1.82, 2.24) is 19.1 Å². The number of sulfonamides is 1. The van der Waals surface area contributed by atoms with Gasteiger partial charge in [-0.05, 0) is 60.5 Å². The fraction of sp³-hybridized carbons (Fsp3) is 0.526. The summed E-state index contributed by atoms with van der Waals surface area (Å²) in [6, 6.07) is 1.11. The Morgan fingerprint density at radius 1 is 1.33 bits per heavy atom. The topological polar surface area (TPSA) is 115 Å². The first-order valence-corrected chi connectivity index (χ1v) is 12.1. The lowest BCUT2D eigenvalue weighted by Gasteiger charge is -2.31. The second-order valence-corrected chi connectivity index (χ2v) is 10.5. The Hall–Kier alpha value is -1.98. The zero-order chi connectivity index (χ0) is 21.5. The van der Waals surface area contributed by atoms with Crippen molar-refractivity contribution in [3.63, 3.8) is 0 Å². The smallest absolute Gasteiger partial charge is 0.325 e. The third-order valence-corrected chi connectivity index (χ3v) is 8.14. The Morgan fingerprint density at radius 3 is 2.73 bits per heavy atom. The molecular formula is C19H23BrN4O5S. The van der Waals surface area contributed by atoms with Crippen LogP contribution in [-0.4, -0.2) is 51.7 Å². The van der Waals surface area contributed by atoms with Crippen LogP contribution in [-0.2, 0) is 27.8 Å². The van der Waals surface area contributed by atoms with Gasteiger partial charge in [0, 0.05) is 18.3 Å². The zero-order valence-corrected chi connectivity index (χ0v) is 18.9. The molecule has 11 heteroatoms. The van der Waals surface area contributed by atoms with Crippen LogP contribution >= 0.6 is 15.9 Å². The van der Waals surface area contributed by atoms with Crippen LogP contribution in [0.5, 0.6) is 5.88 Å². The Balaban J connectivity index is 1.59. The summed E-state index contributed by atoms with van der Waals surface area (Å²) in [4.78, 5) is 15.4. The van der Waals surface area contributed by atoms with E-state index in [1.54, 1.807) is 6.20 Å². The number of hydrogen-bond donors (Lipinski definition) is 1. The van der Waals surface area contributed by atoms with E-state index < -0.39 is 22.0 Å². The molecule has 4 rings (SSSR count). The van der Waals surface area contributed by atoms with Crippen LogP contribution in [0, 0.1) is 0 Å². The van der Waals surface area contributed by atoms with Crippen LogP contribution in [0.4, 0.5) is 0 Å². The molecule has 30 heavy (non-hydrogen) atoms. The van der Waals surface area contributed by atoms with Crippen molar-refractivity contribution in [1.29, 1.82) is 0 Å². The third-order valence-electron chi connectivity index (χ3n) is 5.74. The molecule has 0 saturated heterocycles. The summed E-state index contributed by atoms with van der Waals surface area (Å²) < 4.78 is 35.6. The van der Waals surface area contributed by atoms with Crippen molar-refractivity contribution in [2.24, 2.45) is 0 Å². The standard InChI is InChI=1S/C19H23BrN4O5S/c1-23(16-6-3-7-17-14(16)10-22-24(17)11-18(25)26)30(27,28)13-8-15(20)19(21-9-13)29-12-4-2-5-12/h8-10,12,16H,2-7,11H2,1H3,(H,25,26)/t16-/m1/s1. The molecule has 2 aromatic rings. The zero-order valence-electron chi connectivity index (χ0n) is 16.5. The summed E-state index contributed by atoms with van der Waals surface area (Å²) >= 11 is 3.38. The van der Waals surface area contributed by atoms with E-state index in [0.29, 0.717) is 23.2 Å². The van der Waals surface area contributed by atoms with Gasteiger partial charge < -0.3 is 9.84 Å². The molecular weight excluding hydrogens is 476 g/mol. The molecule has 2 aliphatic carbocycles. The minimum Gasteiger partial charge on any atom is -0.480 e. The Kier molecular flexibility index (Phi) is 5.86. The number of hydrogen-bond acceptors (Lipinski definition) is 6. The highest BCUT2D eigenvalue weighted by Gasteiger charge is 2.35. The van der Waals surface area contributed by atoms with Crippen LogP contribution < -0.4 is 4.74 Å². The number of carbonyl (C=O) groups is 1. The van der Waals surface area contributed by atoms with Crippen LogP contribution in [0.15, 0.2) is 27.8 Å². The maximum Gasteiger partial charge on any atom is 0.325 e. The summed E-state index contributed by atoms with van der Waals surface area (Å²) in [5.41, 5.74) is 1.53. The summed E-state index contributed by atoms with van der Waals surface area (Å²) in [5.74, 6) is -0.583. The van der Waals surface area contributed by atoms with Gasteiger partial charge in [-0.15, -0.1) is 0 Å². The molecule has 0 amide bonds. The molecule has 0 spiro atoms. The fourth-order valence-corrected chi connectivity index (χ4v) is 5.79. The molecule has 1 saturated carbocycles. The van der Waals surface area contributed by atoms with Crippen molar-refractivity contribution in [3.05, 3.63) is 34.2 Å². The monoisotopic (exact) mass is 498 g/mol. The predicted molar refractivity (Wildman–Crippen MR) is 111 cm³/mol. The van der Waals surface area contributed by atoms with Gasteiger partial charge in [-0.2, -0.15) is 9.40 Å². The lowest BCUT2D eigenvalue weighted by atomic mass is 9.93. The van der Waals surface area contributed by atoms with Gasteiger partial charge in [-0.3, -0.25) is 9.48 Å². The second kappa shape index (κ2) is 8.27. The van der Waals surface area contributed by atoms with Gasteiger partial charge in [-0.25, -0.2) is 13.4 Å². The first-order chi connectivity index (χ1) is 14.3.